The zero-order valence-electron chi connectivity index (χ0n) is 18.9. The Morgan fingerprint density at radius 1 is 1.21 bits per heavy atom. The number of benzene rings is 2. The van der Waals surface area contributed by atoms with E-state index in [4.69, 9.17) is 10.5 Å². The van der Waals surface area contributed by atoms with E-state index < -0.39 is 0 Å². The van der Waals surface area contributed by atoms with Crippen molar-refractivity contribution in [2.24, 2.45) is 0 Å². The molecule has 4 N–H and O–H groups in total. The Hall–Kier alpha value is -3.56. The smallest absolute Gasteiger partial charge is 0.280 e. The molecule has 4 aromatic rings. The quantitative estimate of drug-likeness (QED) is 0.390. The number of carbonyl (C=O) groups excluding carboxylic acids is 1. The molecule has 2 aromatic carbocycles. The van der Waals surface area contributed by atoms with Crippen LogP contribution in [-0.4, -0.2) is 40.1 Å². The number of fused-ring (bicyclic) bond motifs is 1. The second kappa shape index (κ2) is 9.74. The monoisotopic (exact) mass is 474 g/mol. The number of nitrogen functional groups attached to an aromatic ring is 1. The molecular weight excluding hydrogens is 448 g/mol. The Labute approximate surface area is 201 Å². The molecule has 9 heteroatoms. The highest BCUT2D eigenvalue weighted by atomic mass is 32.1. The second-order valence-electron chi connectivity index (χ2n) is 8.32. The molecule has 34 heavy (non-hydrogen) atoms. The van der Waals surface area contributed by atoms with Crippen LogP contribution in [0.25, 0.3) is 21.5 Å². The lowest BCUT2D eigenvalue weighted by molar-refractivity contribution is 0.0950. The van der Waals surface area contributed by atoms with Crippen LogP contribution in [-0.2, 0) is 6.54 Å². The van der Waals surface area contributed by atoms with Gasteiger partial charge in [-0.1, -0.05) is 24.3 Å². The van der Waals surface area contributed by atoms with E-state index in [1.54, 1.807) is 6.20 Å². The SMILES string of the molecule is Cc1ccccc1CNC(=O)c1nc2c(OC3CCNCC3)cc(-c3ccnc(N)n3)cc2s1. The summed E-state index contributed by atoms with van der Waals surface area (Å²) in [7, 11) is 0. The minimum Gasteiger partial charge on any atom is -0.488 e. The Morgan fingerprint density at radius 3 is 2.82 bits per heavy atom. The maximum absolute atomic E-state index is 13.0. The average Bonchev–Trinajstić information content (AvgIpc) is 3.29. The molecule has 8 nitrogen and oxygen atoms in total. The number of hydrogen-bond acceptors (Lipinski definition) is 8. The van der Waals surface area contributed by atoms with Crippen molar-refractivity contribution >= 4 is 33.4 Å². The van der Waals surface area contributed by atoms with Gasteiger partial charge in [0.1, 0.15) is 17.4 Å². The number of piperidine rings is 1. The van der Waals surface area contributed by atoms with Crippen LogP contribution in [0.15, 0.2) is 48.7 Å². The maximum Gasteiger partial charge on any atom is 0.280 e. The first-order valence-electron chi connectivity index (χ1n) is 11.3. The molecule has 0 radical (unpaired) electrons. The van der Waals surface area contributed by atoms with Crippen LogP contribution >= 0.6 is 11.3 Å². The summed E-state index contributed by atoms with van der Waals surface area (Å²) in [6.07, 6.45) is 3.56. The van der Waals surface area contributed by atoms with Gasteiger partial charge in [-0.2, -0.15) is 0 Å². The van der Waals surface area contributed by atoms with Gasteiger partial charge >= 0.3 is 0 Å². The topological polar surface area (TPSA) is 115 Å². The van der Waals surface area contributed by atoms with Crippen molar-refractivity contribution in [3.05, 3.63) is 64.8 Å². The minimum atomic E-state index is -0.204. The zero-order chi connectivity index (χ0) is 23.5. The van der Waals surface area contributed by atoms with Crippen LogP contribution in [0, 0.1) is 6.92 Å². The Morgan fingerprint density at radius 2 is 2.03 bits per heavy atom. The Bertz CT molecular complexity index is 1330. The number of anilines is 1. The fraction of sp³-hybridized carbons (Fsp3) is 0.280. The first-order valence-corrected chi connectivity index (χ1v) is 12.1. The van der Waals surface area contributed by atoms with Crippen molar-refractivity contribution in [3.8, 4) is 17.0 Å². The molecule has 0 aliphatic carbocycles. The molecule has 3 heterocycles. The number of rotatable bonds is 6. The lowest BCUT2D eigenvalue weighted by Gasteiger charge is -2.24. The van der Waals surface area contributed by atoms with E-state index in [1.807, 2.05) is 49.4 Å². The van der Waals surface area contributed by atoms with Crippen molar-refractivity contribution in [1.29, 1.82) is 0 Å². The molecule has 5 rings (SSSR count). The van der Waals surface area contributed by atoms with E-state index in [2.05, 4.69) is 25.6 Å². The van der Waals surface area contributed by atoms with Gasteiger partial charge in [0.05, 0.1) is 10.4 Å². The van der Waals surface area contributed by atoms with E-state index in [0.29, 0.717) is 28.5 Å². The van der Waals surface area contributed by atoms with Crippen LogP contribution in [0.2, 0.25) is 0 Å². The summed E-state index contributed by atoms with van der Waals surface area (Å²) in [4.78, 5) is 26.0. The number of aromatic nitrogens is 3. The minimum absolute atomic E-state index is 0.0928. The lowest BCUT2D eigenvalue weighted by atomic mass is 10.1. The number of nitrogens with one attached hydrogen (secondary N) is 2. The van der Waals surface area contributed by atoms with Crippen LogP contribution < -0.4 is 21.1 Å². The number of ether oxygens (including phenoxy) is 1. The molecular formula is C25H26N6O2S. The van der Waals surface area contributed by atoms with Crippen LogP contribution in [0.4, 0.5) is 5.95 Å². The third-order valence-corrected chi connectivity index (χ3v) is 6.91. The third-order valence-electron chi connectivity index (χ3n) is 5.90. The predicted molar refractivity (Wildman–Crippen MR) is 134 cm³/mol. The number of amides is 1. The summed E-state index contributed by atoms with van der Waals surface area (Å²) >= 11 is 1.34. The van der Waals surface area contributed by atoms with Gasteiger partial charge in [-0.3, -0.25) is 4.79 Å². The van der Waals surface area contributed by atoms with E-state index in [0.717, 1.165) is 47.3 Å². The molecule has 1 saturated heterocycles. The van der Waals surface area contributed by atoms with Crippen LogP contribution in [0.1, 0.15) is 33.8 Å². The average molecular weight is 475 g/mol. The molecule has 0 unspecified atom stereocenters. The van der Waals surface area contributed by atoms with Gasteiger partial charge in [-0.15, -0.1) is 11.3 Å². The van der Waals surface area contributed by atoms with Crippen molar-refractivity contribution in [2.75, 3.05) is 18.8 Å². The van der Waals surface area contributed by atoms with Gasteiger partial charge in [0.25, 0.3) is 5.91 Å². The molecule has 0 spiro atoms. The number of hydrogen-bond donors (Lipinski definition) is 3. The molecule has 1 fully saturated rings. The highest BCUT2D eigenvalue weighted by molar-refractivity contribution is 7.20. The van der Waals surface area contributed by atoms with Crippen molar-refractivity contribution < 1.29 is 9.53 Å². The normalized spacial score (nSPS) is 14.3. The summed E-state index contributed by atoms with van der Waals surface area (Å²) in [5.41, 5.74) is 10.3. The number of nitrogens with zero attached hydrogens (tertiary/aromatic N) is 3. The first kappa shape index (κ1) is 22.2. The largest absolute Gasteiger partial charge is 0.488 e. The summed E-state index contributed by atoms with van der Waals surface area (Å²) in [5.74, 6) is 0.662. The molecule has 174 valence electrons. The predicted octanol–water partition coefficient (Wildman–Crippen LogP) is 3.70. The van der Waals surface area contributed by atoms with E-state index in [1.165, 1.54) is 11.3 Å². The molecule has 2 aromatic heterocycles. The summed E-state index contributed by atoms with van der Waals surface area (Å²) in [6, 6.07) is 13.7. The van der Waals surface area contributed by atoms with Crippen LogP contribution in [0.3, 0.4) is 0 Å². The van der Waals surface area contributed by atoms with Gasteiger partial charge in [0.2, 0.25) is 5.95 Å². The van der Waals surface area contributed by atoms with Crippen molar-refractivity contribution in [3.63, 3.8) is 0 Å². The second-order valence-corrected chi connectivity index (χ2v) is 9.35. The molecule has 0 atom stereocenters. The third kappa shape index (κ3) is 4.85. The van der Waals surface area contributed by atoms with Crippen molar-refractivity contribution in [2.45, 2.75) is 32.4 Å². The maximum atomic E-state index is 13.0. The van der Waals surface area contributed by atoms with Gasteiger partial charge in [0.15, 0.2) is 5.01 Å². The summed E-state index contributed by atoms with van der Waals surface area (Å²) in [6.45, 7) is 4.31. The van der Waals surface area contributed by atoms with Gasteiger partial charge in [0, 0.05) is 18.3 Å². The van der Waals surface area contributed by atoms with Gasteiger partial charge in [-0.25, -0.2) is 15.0 Å². The molecule has 0 bridgehead atoms. The Kier molecular flexibility index (Phi) is 6.37. The summed E-state index contributed by atoms with van der Waals surface area (Å²) < 4.78 is 7.26. The highest BCUT2D eigenvalue weighted by Gasteiger charge is 2.21. The van der Waals surface area contributed by atoms with Gasteiger partial charge in [-0.05, 0) is 62.2 Å². The Balaban J connectivity index is 1.47. The fourth-order valence-corrected chi connectivity index (χ4v) is 4.96. The van der Waals surface area contributed by atoms with E-state index in [-0.39, 0.29) is 18.0 Å². The zero-order valence-corrected chi connectivity index (χ0v) is 19.7. The van der Waals surface area contributed by atoms with Crippen LogP contribution in [0.5, 0.6) is 5.75 Å². The number of thiazole rings is 1. The standard InChI is InChI=1S/C25H26N6O2S/c1-15-4-2-3-5-16(15)14-29-23(32)24-31-22-20(33-18-6-9-27-10-7-18)12-17(13-21(22)34-24)19-8-11-28-25(26)30-19/h2-5,8,11-13,18,27H,6-7,9-10,14H2,1H3,(H,29,32)(H2,26,28,30). The lowest BCUT2D eigenvalue weighted by Crippen LogP contribution is -2.34. The van der Waals surface area contributed by atoms with E-state index in [9.17, 15) is 4.79 Å². The summed E-state index contributed by atoms with van der Waals surface area (Å²) in [5, 5.41) is 6.75. The van der Waals surface area contributed by atoms with E-state index >= 15 is 0 Å². The highest BCUT2D eigenvalue weighted by Crippen LogP contribution is 2.36. The number of aryl methyl sites for hydroxylation is 1. The van der Waals surface area contributed by atoms with Gasteiger partial charge < -0.3 is 21.1 Å². The number of nitrogens with two attached hydrogens (primary N) is 1. The molecule has 1 amide bonds. The molecule has 1 aliphatic rings. The fourth-order valence-electron chi connectivity index (χ4n) is 4.02. The number of carbonyl (C=O) groups is 1. The molecule has 0 saturated carbocycles. The molecule has 1 aliphatic heterocycles. The van der Waals surface area contributed by atoms with Crippen molar-refractivity contribution in [1.82, 2.24) is 25.6 Å². The first-order chi connectivity index (χ1) is 16.6.